The van der Waals surface area contributed by atoms with E-state index in [-0.39, 0.29) is 12.5 Å². The van der Waals surface area contributed by atoms with Crippen molar-refractivity contribution in [3.63, 3.8) is 0 Å². The summed E-state index contributed by atoms with van der Waals surface area (Å²) in [5, 5.41) is 6.60. The molecule has 7 nitrogen and oxygen atoms in total. The molecule has 4 aromatic rings. The van der Waals surface area contributed by atoms with Gasteiger partial charge in [0, 0.05) is 17.1 Å². The van der Waals surface area contributed by atoms with Crippen LogP contribution in [-0.2, 0) is 4.79 Å². The average molecular weight is 441 g/mol. The van der Waals surface area contributed by atoms with Crippen LogP contribution in [0.25, 0.3) is 10.9 Å². The molecule has 0 atom stereocenters. The highest BCUT2D eigenvalue weighted by molar-refractivity contribution is 6.10. The Bertz CT molecular complexity index is 1300. The van der Waals surface area contributed by atoms with Crippen molar-refractivity contribution in [2.75, 3.05) is 24.4 Å². The fourth-order valence-corrected chi connectivity index (χ4v) is 3.38. The van der Waals surface area contributed by atoms with E-state index in [1.807, 2.05) is 31.2 Å². The normalized spacial score (nSPS) is 10.5. The first-order valence-electron chi connectivity index (χ1n) is 10.4. The molecule has 0 aliphatic carbocycles. The Morgan fingerprint density at radius 2 is 1.64 bits per heavy atom. The van der Waals surface area contributed by atoms with Gasteiger partial charge in [-0.05, 0) is 55.0 Å². The second-order valence-corrected chi connectivity index (χ2v) is 7.36. The van der Waals surface area contributed by atoms with Crippen molar-refractivity contribution >= 4 is 34.1 Å². The van der Waals surface area contributed by atoms with Crippen LogP contribution in [0.1, 0.15) is 15.9 Å². The van der Waals surface area contributed by atoms with Gasteiger partial charge in [0.25, 0.3) is 11.8 Å². The SMILES string of the molecule is COc1ccc(NC(=O)c2ccccc2NC(=O)COc2cc(C)c3ccccc3n2)cc1. The molecule has 0 radical (unpaired) electrons. The van der Waals surface area contributed by atoms with Crippen molar-refractivity contribution in [3.8, 4) is 11.6 Å². The minimum atomic E-state index is -0.396. The Morgan fingerprint density at radius 1 is 0.909 bits per heavy atom. The predicted octanol–water partition coefficient (Wildman–Crippen LogP) is 4.82. The highest BCUT2D eigenvalue weighted by atomic mass is 16.5. The number of hydrogen-bond donors (Lipinski definition) is 2. The van der Waals surface area contributed by atoms with Gasteiger partial charge in [0.1, 0.15) is 5.75 Å². The van der Waals surface area contributed by atoms with Crippen LogP contribution in [-0.4, -0.2) is 30.5 Å². The number of amides is 2. The van der Waals surface area contributed by atoms with E-state index >= 15 is 0 Å². The van der Waals surface area contributed by atoms with Gasteiger partial charge in [-0.2, -0.15) is 0 Å². The number of hydrogen-bond acceptors (Lipinski definition) is 5. The highest BCUT2D eigenvalue weighted by Crippen LogP contribution is 2.22. The lowest BCUT2D eigenvalue weighted by molar-refractivity contribution is -0.118. The Morgan fingerprint density at radius 3 is 2.42 bits per heavy atom. The molecule has 0 fully saturated rings. The largest absolute Gasteiger partial charge is 0.497 e. The third-order valence-electron chi connectivity index (χ3n) is 5.04. The maximum absolute atomic E-state index is 12.8. The molecule has 0 bridgehead atoms. The molecule has 4 rings (SSSR count). The number of pyridine rings is 1. The van der Waals surface area contributed by atoms with Gasteiger partial charge in [-0.3, -0.25) is 9.59 Å². The number of ether oxygens (including phenoxy) is 2. The number of nitrogens with one attached hydrogen (secondary N) is 2. The third kappa shape index (κ3) is 5.27. The number of fused-ring (bicyclic) bond motifs is 1. The summed E-state index contributed by atoms with van der Waals surface area (Å²) >= 11 is 0. The molecule has 7 heteroatoms. The Kier molecular flexibility index (Phi) is 6.50. The van der Waals surface area contributed by atoms with Crippen LogP contribution >= 0.6 is 0 Å². The van der Waals surface area contributed by atoms with Gasteiger partial charge >= 0.3 is 0 Å². The van der Waals surface area contributed by atoms with Gasteiger partial charge in [-0.25, -0.2) is 4.98 Å². The van der Waals surface area contributed by atoms with Crippen LogP contribution in [0.5, 0.6) is 11.6 Å². The van der Waals surface area contributed by atoms with E-state index in [4.69, 9.17) is 9.47 Å². The molecule has 33 heavy (non-hydrogen) atoms. The lowest BCUT2D eigenvalue weighted by Gasteiger charge is -2.12. The maximum Gasteiger partial charge on any atom is 0.262 e. The summed E-state index contributed by atoms with van der Waals surface area (Å²) in [6.45, 7) is 1.73. The van der Waals surface area contributed by atoms with Gasteiger partial charge in [-0.15, -0.1) is 0 Å². The molecular weight excluding hydrogens is 418 g/mol. The van der Waals surface area contributed by atoms with E-state index in [9.17, 15) is 9.59 Å². The minimum absolute atomic E-state index is 0.237. The van der Waals surface area contributed by atoms with E-state index in [0.717, 1.165) is 16.5 Å². The maximum atomic E-state index is 12.8. The lowest BCUT2D eigenvalue weighted by atomic mass is 10.1. The number of carbonyl (C=O) groups is 2. The van der Waals surface area contributed by atoms with Crippen LogP contribution in [0.2, 0.25) is 0 Å². The molecule has 0 saturated heterocycles. The number of benzene rings is 3. The molecule has 1 aromatic heterocycles. The molecule has 0 spiro atoms. The predicted molar refractivity (Wildman–Crippen MR) is 128 cm³/mol. The standard InChI is InChI=1S/C26H23N3O4/c1-17-15-25(29-22-9-5-3-7-20(17)22)33-16-24(30)28-23-10-6-4-8-21(23)26(31)27-18-11-13-19(32-2)14-12-18/h3-15H,16H2,1-2H3,(H,27,31)(H,28,30). The van der Waals surface area contributed by atoms with Crippen LogP contribution in [0.15, 0.2) is 78.9 Å². The molecule has 0 aliphatic rings. The van der Waals surface area contributed by atoms with Gasteiger partial charge in [0.15, 0.2) is 6.61 Å². The lowest BCUT2D eigenvalue weighted by Crippen LogP contribution is -2.23. The quantitative estimate of drug-likeness (QED) is 0.429. The van der Waals surface area contributed by atoms with Crippen LogP contribution < -0.4 is 20.1 Å². The minimum Gasteiger partial charge on any atom is -0.497 e. The summed E-state index contributed by atoms with van der Waals surface area (Å²) in [6.07, 6.45) is 0. The van der Waals surface area contributed by atoms with Crippen LogP contribution in [0.4, 0.5) is 11.4 Å². The third-order valence-corrected chi connectivity index (χ3v) is 5.04. The summed E-state index contributed by atoms with van der Waals surface area (Å²) < 4.78 is 10.7. The molecule has 2 N–H and O–H groups in total. The zero-order valence-corrected chi connectivity index (χ0v) is 18.3. The average Bonchev–Trinajstić information content (AvgIpc) is 2.83. The van der Waals surface area contributed by atoms with Crippen molar-refractivity contribution in [1.29, 1.82) is 0 Å². The Balaban J connectivity index is 1.41. The summed E-state index contributed by atoms with van der Waals surface area (Å²) in [6, 6.07) is 23.3. The monoisotopic (exact) mass is 441 g/mol. The van der Waals surface area contributed by atoms with E-state index in [0.29, 0.717) is 28.6 Å². The number of nitrogens with zero attached hydrogens (tertiary/aromatic N) is 1. The number of carbonyl (C=O) groups excluding carboxylic acids is 2. The Labute approximate surface area is 191 Å². The summed E-state index contributed by atoms with van der Waals surface area (Å²) in [4.78, 5) is 29.8. The molecule has 0 unspecified atom stereocenters. The van der Waals surface area contributed by atoms with E-state index < -0.39 is 5.91 Å². The van der Waals surface area contributed by atoms with E-state index in [1.54, 1.807) is 61.7 Å². The van der Waals surface area contributed by atoms with Crippen molar-refractivity contribution < 1.29 is 19.1 Å². The van der Waals surface area contributed by atoms with E-state index in [2.05, 4.69) is 15.6 Å². The highest BCUT2D eigenvalue weighted by Gasteiger charge is 2.14. The first-order valence-corrected chi connectivity index (χ1v) is 10.4. The number of aryl methyl sites for hydroxylation is 1. The first-order chi connectivity index (χ1) is 16.0. The molecule has 2 amide bonds. The van der Waals surface area contributed by atoms with Gasteiger partial charge in [0.2, 0.25) is 5.88 Å². The number of rotatable bonds is 7. The van der Waals surface area contributed by atoms with Crippen molar-refractivity contribution in [2.24, 2.45) is 0 Å². The topological polar surface area (TPSA) is 89.6 Å². The molecule has 166 valence electrons. The summed E-state index contributed by atoms with van der Waals surface area (Å²) in [7, 11) is 1.58. The molecule has 1 heterocycles. The van der Waals surface area contributed by atoms with Gasteiger partial charge in [-0.1, -0.05) is 30.3 Å². The summed E-state index contributed by atoms with van der Waals surface area (Å²) in [5.41, 5.74) is 3.15. The van der Waals surface area contributed by atoms with Crippen LogP contribution in [0.3, 0.4) is 0 Å². The van der Waals surface area contributed by atoms with Crippen LogP contribution in [0, 0.1) is 6.92 Å². The number of anilines is 2. The zero-order valence-electron chi connectivity index (χ0n) is 18.3. The molecule has 3 aromatic carbocycles. The zero-order chi connectivity index (χ0) is 23.2. The number of para-hydroxylation sites is 2. The van der Waals surface area contributed by atoms with Gasteiger partial charge in [0.05, 0.1) is 23.9 Å². The van der Waals surface area contributed by atoms with Crippen molar-refractivity contribution in [3.05, 3.63) is 90.0 Å². The van der Waals surface area contributed by atoms with Crippen molar-refractivity contribution in [1.82, 2.24) is 4.98 Å². The Hall–Kier alpha value is -4.39. The molecular formula is C26H23N3O4. The number of methoxy groups -OCH3 is 1. The van der Waals surface area contributed by atoms with E-state index in [1.165, 1.54) is 0 Å². The smallest absolute Gasteiger partial charge is 0.262 e. The molecule has 0 aliphatic heterocycles. The summed E-state index contributed by atoms with van der Waals surface area (Å²) in [5.74, 6) is 0.319. The molecule has 0 saturated carbocycles. The van der Waals surface area contributed by atoms with Crippen molar-refractivity contribution in [2.45, 2.75) is 6.92 Å². The second kappa shape index (κ2) is 9.82. The van der Waals surface area contributed by atoms with Gasteiger partial charge < -0.3 is 20.1 Å². The fraction of sp³-hybridized carbons (Fsp3) is 0.115. The first kappa shape index (κ1) is 21.8. The fourth-order valence-electron chi connectivity index (χ4n) is 3.38. The number of aromatic nitrogens is 1. The second-order valence-electron chi connectivity index (χ2n) is 7.36.